The summed E-state index contributed by atoms with van der Waals surface area (Å²) in [5, 5.41) is 2.90. The minimum absolute atomic E-state index is 0.0392. The molecule has 0 bridgehead atoms. The number of nitrogens with zero attached hydrogens (tertiary/aromatic N) is 2. The van der Waals surface area contributed by atoms with Gasteiger partial charge in [0.1, 0.15) is 25.8 Å². The third-order valence-corrected chi connectivity index (χ3v) is 8.50. The van der Waals surface area contributed by atoms with Crippen molar-refractivity contribution in [3.05, 3.63) is 83.9 Å². The number of benzene rings is 3. The van der Waals surface area contributed by atoms with Crippen molar-refractivity contribution in [3.63, 3.8) is 0 Å². The highest BCUT2D eigenvalue weighted by atomic mass is 32.2. The third kappa shape index (κ3) is 7.18. The van der Waals surface area contributed by atoms with Gasteiger partial charge in [-0.1, -0.05) is 55.0 Å². The molecule has 0 saturated heterocycles. The molecule has 1 aliphatic rings. The number of hydrogen-bond donors (Lipinski definition) is 1. The number of ether oxygens (including phenoxy) is 2. The molecular formula is C31H37N3O6S. The molecule has 3 aromatic carbocycles. The first kappa shape index (κ1) is 29.9. The summed E-state index contributed by atoms with van der Waals surface area (Å²) in [6, 6.07) is 19.5. The van der Waals surface area contributed by atoms with Crippen LogP contribution in [-0.2, 0) is 26.2 Å². The van der Waals surface area contributed by atoms with E-state index < -0.39 is 28.5 Å². The highest BCUT2D eigenvalue weighted by Gasteiger charge is 2.34. The van der Waals surface area contributed by atoms with Gasteiger partial charge in [-0.3, -0.25) is 13.9 Å². The molecule has 0 saturated carbocycles. The Morgan fingerprint density at radius 3 is 2.22 bits per heavy atom. The maximum Gasteiger partial charge on any atom is 0.264 e. The molecular weight excluding hydrogens is 542 g/mol. The van der Waals surface area contributed by atoms with Gasteiger partial charge in [-0.15, -0.1) is 0 Å². The monoisotopic (exact) mass is 579 g/mol. The number of carbonyl (C=O) groups excluding carboxylic acids is 2. The zero-order valence-electron chi connectivity index (χ0n) is 23.9. The van der Waals surface area contributed by atoms with Crippen molar-refractivity contribution in [2.24, 2.45) is 0 Å². The molecule has 0 spiro atoms. The molecule has 0 unspecified atom stereocenters. The summed E-state index contributed by atoms with van der Waals surface area (Å²) >= 11 is 0. The number of sulfonamides is 1. The van der Waals surface area contributed by atoms with E-state index in [9.17, 15) is 18.0 Å². The standard InChI is InChI=1S/C31H37N3O6S/c1-5-27(31(36)32-22(2)3)33(20-24-13-11-23(4)12-14-24)30(35)21-34(41(37,38)26-9-7-6-8-10-26)25-15-16-28-29(19-25)40-18-17-39-28/h6-16,19,22,27H,5,17-18,20-21H2,1-4H3,(H,32,36)/t27-/m0/s1. The Hall–Kier alpha value is -4.05. The Balaban J connectivity index is 1.75. The van der Waals surface area contributed by atoms with E-state index in [0.29, 0.717) is 31.1 Å². The van der Waals surface area contributed by atoms with E-state index in [-0.39, 0.29) is 29.1 Å². The molecule has 0 fully saturated rings. The SMILES string of the molecule is CC[C@@H](C(=O)NC(C)C)N(Cc1ccc(C)cc1)C(=O)CN(c1ccc2c(c1)OCCO2)S(=O)(=O)c1ccccc1. The molecule has 0 aromatic heterocycles. The van der Waals surface area contributed by atoms with E-state index >= 15 is 0 Å². The summed E-state index contributed by atoms with van der Waals surface area (Å²) in [4.78, 5) is 28.9. The first-order valence-corrected chi connectivity index (χ1v) is 15.2. The number of fused-ring (bicyclic) bond motifs is 1. The van der Waals surface area contributed by atoms with Crippen LogP contribution >= 0.6 is 0 Å². The average Bonchev–Trinajstić information content (AvgIpc) is 2.96. The largest absolute Gasteiger partial charge is 0.486 e. The predicted octanol–water partition coefficient (Wildman–Crippen LogP) is 4.29. The molecule has 1 N–H and O–H groups in total. The van der Waals surface area contributed by atoms with E-state index in [1.165, 1.54) is 17.0 Å². The van der Waals surface area contributed by atoms with Gasteiger partial charge in [0.15, 0.2) is 11.5 Å². The van der Waals surface area contributed by atoms with Crippen molar-refractivity contribution < 1.29 is 27.5 Å². The molecule has 10 heteroatoms. The summed E-state index contributed by atoms with van der Waals surface area (Å²) in [6.07, 6.45) is 0.353. The van der Waals surface area contributed by atoms with Crippen molar-refractivity contribution in [3.8, 4) is 11.5 Å². The van der Waals surface area contributed by atoms with Crippen LogP contribution in [0, 0.1) is 6.92 Å². The maximum atomic E-state index is 14.1. The zero-order valence-corrected chi connectivity index (χ0v) is 24.7. The van der Waals surface area contributed by atoms with Crippen molar-refractivity contribution in [1.29, 1.82) is 0 Å². The third-order valence-electron chi connectivity index (χ3n) is 6.71. The summed E-state index contributed by atoms with van der Waals surface area (Å²) in [5.74, 6) is 0.0972. The van der Waals surface area contributed by atoms with E-state index in [1.807, 2.05) is 52.0 Å². The van der Waals surface area contributed by atoms with E-state index in [0.717, 1.165) is 15.4 Å². The molecule has 1 heterocycles. The number of aryl methyl sites for hydroxylation is 1. The van der Waals surface area contributed by atoms with Crippen molar-refractivity contribution in [1.82, 2.24) is 10.2 Å². The van der Waals surface area contributed by atoms with Crippen LogP contribution in [0.4, 0.5) is 5.69 Å². The minimum atomic E-state index is -4.17. The molecule has 0 radical (unpaired) electrons. The van der Waals surface area contributed by atoms with Crippen molar-refractivity contribution in [2.45, 2.75) is 57.6 Å². The number of amides is 2. The van der Waals surface area contributed by atoms with Gasteiger partial charge in [-0.25, -0.2) is 8.42 Å². The van der Waals surface area contributed by atoms with Crippen LogP contribution in [-0.4, -0.2) is 57.0 Å². The Morgan fingerprint density at radius 2 is 1.59 bits per heavy atom. The topological polar surface area (TPSA) is 105 Å². The highest BCUT2D eigenvalue weighted by Crippen LogP contribution is 2.36. The Labute approximate surface area is 242 Å². The fraction of sp³-hybridized carbons (Fsp3) is 0.355. The van der Waals surface area contributed by atoms with Crippen LogP contribution < -0.4 is 19.1 Å². The van der Waals surface area contributed by atoms with Gasteiger partial charge in [0, 0.05) is 18.7 Å². The smallest absolute Gasteiger partial charge is 0.264 e. The number of anilines is 1. The molecule has 0 aliphatic carbocycles. The second-order valence-corrected chi connectivity index (χ2v) is 12.1. The fourth-order valence-corrected chi connectivity index (χ4v) is 6.05. The van der Waals surface area contributed by atoms with Gasteiger partial charge < -0.3 is 19.7 Å². The van der Waals surface area contributed by atoms with Gasteiger partial charge >= 0.3 is 0 Å². The summed E-state index contributed by atoms with van der Waals surface area (Å²) in [6.45, 7) is 7.85. The van der Waals surface area contributed by atoms with E-state index in [4.69, 9.17) is 9.47 Å². The van der Waals surface area contributed by atoms with Crippen LogP contribution in [0.2, 0.25) is 0 Å². The second kappa shape index (κ2) is 13.1. The summed E-state index contributed by atoms with van der Waals surface area (Å²) in [5.41, 5.74) is 2.15. The van der Waals surface area contributed by atoms with E-state index in [2.05, 4.69) is 5.32 Å². The highest BCUT2D eigenvalue weighted by molar-refractivity contribution is 7.92. The summed E-state index contributed by atoms with van der Waals surface area (Å²) < 4.78 is 40.3. The second-order valence-electron chi connectivity index (χ2n) is 10.2. The van der Waals surface area contributed by atoms with Crippen molar-refractivity contribution >= 4 is 27.5 Å². The van der Waals surface area contributed by atoms with Crippen LogP contribution in [0.1, 0.15) is 38.3 Å². The van der Waals surface area contributed by atoms with Crippen LogP contribution in [0.15, 0.2) is 77.7 Å². The Morgan fingerprint density at radius 1 is 0.927 bits per heavy atom. The zero-order chi connectivity index (χ0) is 29.6. The normalized spacial score (nSPS) is 13.4. The molecule has 41 heavy (non-hydrogen) atoms. The van der Waals surface area contributed by atoms with Gasteiger partial charge in [-0.2, -0.15) is 0 Å². The number of hydrogen-bond acceptors (Lipinski definition) is 6. The lowest BCUT2D eigenvalue weighted by Crippen LogP contribution is -2.53. The molecule has 9 nitrogen and oxygen atoms in total. The lowest BCUT2D eigenvalue weighted by Gasteiger charge is -2.33. The van der Waals surface area contributed by atoms with Crippen LogP contribution in [0.3, 0.4) is 0 Å². The quantitative estimate of drug-likeness (QED) is 0.363. The lowest BCUT2D eigenvalue weighted by atomic mass is 10.1. The number of nitrogens with one attached hydrogen (secondary N) is 1. The molecule has 2 amide bonds. The molecule has 4 rings (SSSR count). The van der Waals surface area contributed by atoms with Gasteiger partial charge in [0.05, 0.1) is 10.6 Å². The number of carbonyl (C=O) groups is 2. The van der Waals surface area contributed by atoms with Crippen molar-refractivity contribution in [2.75, 3.05) is 24.1 Å². The Bertz CT molecular complexity index is 1460. The van der Waals surface area contributed by atoms with Gasteiger partial charge in [-0.05, 0) is 57.0 Å². The molecule has 1 aliphatic heterocycles. The average molecular weight is 580 g/mol. The first-order chi connectivity index (χ1) is 19.6. The molecule has 218 valence electrons. The minimum Gasteiger partial charge on any atom is -0.486 e. The van der Waals surface area contributed by atoms with Crippen LogP contribution in [0.5, 0.6) is 11.5 Å². The lowest BCUT2D eigenvalue weighted by molar-refractivity contribution is -0.140. The predicted molar refractivity (Wildman–Crippen MR) is 157 cm³/mol. The Kier molecular flexibility index (Phi) is 9.54. The first-order valence-electron chi connectivity index (χ1n) is 13.7. The molecule has 3 aromatic rings. The van der Waals surface area contributed by atoms with Gasteiger partial charge in [0.2, 0.25) is 11.8 Å². The maximum absolute atomic E-state index is 14.1. The summed E-state index contributed by atoms with van der Waals surface area (Å²) in [7, 11) is -4.17. The molecule has 1 atom stereocenters. The van der Waals surface area contributed by atoms with E-state index in [1.54, 1.807) is 36.4 Å². The number of rotatable bonds is 11. The fourth-order valence-electron chi connectivity index (χ4n) is 4.63. The van der Waals surface area contributed by atoms with Gasteiger partial charge in [0.25, 0.3) is 10.0 Å². The van der Waals surface area contributed by atoms with Crippen LogP contribution in [0.25, 0.3) is 0 Å².